The first-order valence-corrected chi connectivity index (χ1v) is 5.35. The molecular weight excluding hydrogens is 174 g/mol. The van der Waals surface area contributed by atoms with Crippen LogP contribution in [0, 0.1) is 6.92 Å². The van der Waals surface area contributed by atoms with E-state index in [1.807, 2.05) is 0 Å². The molecule has 0 spiro atoms. The molecular formula is C12H21NO. The van der Waals surface area contributed by atoms with Crippen molar-refractivity contribution in [3.05, 3.63) is 23.5 Å². The Balaban J connectivity index is 2.82. The van der Waals surface area contributed by atoms with Crippen LogP contribution in [0.25, 0.3) is 0 Å². The zero-order chi connectivity index (χ0) is 10.6. The van der Waals surface area contributed by atoms with E-state index in [-0.39, 0.29) is 0 Å². The van der Waals surface area contributed by atoms with Crippen molar-refractivity contribution in [2.45, 2.75) is 39.7 Å². The number of aromatic nitrogens is 1. The van der Waals surface area contributed by atoms with Crippen LogP contribution < -0.4 is 0 Å². The van der Waals surface area contributed by atoms with Crippen molar-refractivity contribution in [2.24, 2.45) is 0 Å². The Morgan fingerprint density at radius 2 is 2.14 bits per heavy atom. The fraction of sp³-hybridized carbons (Fsp3) is 0.667. The van der Waals surface area contributed by atoms with E-state index < -0.39 is 0 Å². The summed E-state index contributed by atoms with van der Waals surface area (Å²) in [6.07, 6.45) is 1.19. The van der Waals surface area contributed by atoms with Gasteiger partial charge in [0.05, 0.1) is 6.61 Å². The molecule has 1 aromatic rings. The molecule has 2 heteroatoms. The van der Waals surface area contributed by atoms with Gasteiger partial charge in [-0.2, -0.15) is 0 Å². The average Bonchev–Trinajstić information content (AvgIpc) is 2.56. The van der Waals surface area contributed by atoms with E-state index >= 15 is 0 Å². The quantitative estimate of drug-likeness (QED) is 0.704. The van der Waals surface area contributed by atoms with E-state index in [4.69, 9.17) is 4.74 Å². The van der Waals surface area contributed by atoms with Gasteiger partial charge in [-0.15, -0.1) is 0 Å². The lowest BCUT2D eigenvalue weighted by Crippen LogP contribution is -2.10. The highest BCUT2D eigenvalue weighted by Crippen LogP contribution is 2.21. The summed E-state index contributed by atoms with van der Waals surface area (Å²) in [6.45, 7) is 8.42. The molecule has 0 fully saturated rings. The molecule has 1 atom stereocenters. The van der Waals surface area contributed by atoms with Crippen molar-refractivity contribution >= 4 is 0 Å². The summed E-state index contributed by atoms with van der Waals surface area (Å²) < 4.78 is 7.48. The maximum atomic E-state index is 5.12. The largest absolute Gasteiger partial charge is 0.383 e. The number of ether oxygens (including phenoxy) is 1. The van der Waals surface area contributed by atoms with E-state index in [1.54, 1.807) is 7.11 Å². The van der Waals surface area contributed by atoms with Crippen LogP contribution in [-0.4, -0.2) is 18.3 Å². The molecule has 0 N–H and O–H groups in total. The highest BCUT2D eigenvalue weighted by molar-refractivity contribution is 5.18. The van der Waals surface area contributed by atoms with Crippen LogP contribution in [0.3, 0.4) is 0 Å². The van der Waals surface area contributed by atoms with Crippen molar-refractivity contribution in [1.29, 1.82) is 0 Å². The van der Waals surface area contributed by atoms with Crippen LogP contribution in [0.4, 0.5) is 0 Å². The first kappa shape index (κ1) is 11.3. The van der Waals surface area contributed by atoms with Crippen molar-refractivity contribution in [3.63, 3.8) is 0 Å². The molecule has 1 rings (SSSR count). The van der Waals surface area contributed by atoms with Gasteiger partial charge in [-0.1, -0.05) is 13.8 Å². The lowest BCUT2D eigenvalue weighted by molar-refractivity contribution is 0.185. The summed E-state index contributed by atoms with van der Waals surface area (Å²) >= 11 is 0. The molecule has 2 nitrogen and oxygen atoms in total. The topological polar surface area (TPSA) is 14.2 Å². The van der Waals surface area contributed by atoms with Gasteiger partial charge in [0, 0.05) is 25.0 Å². The van der Waals surface area contributed by atoms with E-state index in [9.17, 15) is 0 Å². The standard InChI is InChI=1S/C12H21NO/c1-5-10(2)12-7-6-11(3)13(12)8-9-14-4/h6-7,10H,5,8-9H2,1-4H3. The van der Waals surface area contributed by atoms with E-state index in [2.05, 4.69) is 37.5 Å². The fourth-order valence-corrected chi connectivity index (χ4v) is 1.72. The summed E-state index contributed by atoms with van der Waals surface area (Å²) in [7, 11) is 1.75. The van der Waals surface area contributed by atoms with Gasteiger partial charge in [-0.3, -0.25) is 0 Å². The van der Waals surface area contributed by atoms with Gasteiger partial charge >= 0.3 is 0 Å². The molecule has 0 aliphatic heterocycles. The second kappa shape index (κ2) is 5.20. The van der Waals surface area contributed by atoms with Crippen LogP contribution in [-0.2, 0) is 11.3 Å². The van der Waals surface area contributed by atoms with Crippen LogP contribution in [0.15, 0.2) is 12.1 Å². The predicted octanol–water partition coefficient (Wildman–Crippen LogP) is 2.96. The average molecular weight is 195 g/mol. The van der Waals surface area contributed by atoms with Crippen LogP contribution in [0.1, 0.15) is 37.6 Å². The molecule has 0 radical (unpaired) electrons. The molecule has 0 saturated carbocycles. The Morgan fingerprint density at radius 3 is 2.71 bits per heavy atom. The molecule has 80 valence electrons. The van der Waals surface area contributed by atoms with Crippen molar-refractivity contribution < 1.29 is 4.74 Å². The molecule has 0 saturated heterocycles. The molecule has 0 amide bonds. The molecule has 1 unspecified atom stereocenters. The lowest BCUT2D eigenvalue weighted by Gasteiger charge is -2.15. The van der Waals surface area contributed by atoms with Gasteiger partial charge in [-0.05, 0) is 31.4 Å². The molecule has 0 aromatic carbocycles. The molecule has 0 aliphatic carbocycles. The summed E-state index contributed by atoms with van der Waals surface area (Å²) in [5.74, 6) is 0.639. The second-order valence-corrected chi connectivity index (χ2v) is 3.85. The zero-order valence-corrected chi connectivity index (χ0v) is 9.71. The summed E-state index contributed by atoms with van der Waals surface area (Å²) in [5, 5.41) is 0. The fourth-order valence-electron chi connectivity index (χ4n) is 1.72. The Bertz CT molecular complexity index is 278. The maximum Gasteiger partial charge on any atom is 0.0641 e. The second-order valence-electron chi connectivity index (χ2n) is 3.85. The van der Waals surface area contributed by atoms with Crippen LogP contribution in [0.2, 0.25) is 0 Å². The molecule has 0 bridgehead atoms. The zero-order valence-electron chi connectivity index (χ0n) is 9.71. The lowest BCUT2D eigenvalue weighted by atomic mass is 10.1. The minimum Gasteiger partial charge on any atom is -0.383 e. The van der Waals surface area contributed by atoms with Gasteiger partial charge in [-0.25, -0.2) is 0 Å². The Hall–Kier alpha value is -0.760. The summed E-state index contributed by atoms with van der Waals surface area (Å²) in [4.78, 5) is 0. The number of methoxy groups -OCH3 is 1. The van der Waals surface area contributed by atoms with Crippen LogP contribution in [0.5, 0.6) is 0 Å². The normalized spacial score (nSPS) is 13.1. The van der Waals surface area contributed by atoms with Crippen LogP contribution >= 0.6 is 0 Å². The van der Waals surface area contributed by atoms with Gasteiger partial charge in [0.15, 0.2) is 0 Å². The molecule has 14 heavy (non-hydrogen) atoms. The molecule has 1 heterocycles. The molecule has 0 aliphatic rings. The third-order valence-corrected chi connectivity index (χ3v) is 2.87. The smallest absolute Gasteiger partial charge is 0.0641 e. The number of aryl methyl sites for hydroxylation is 1. The number of hydrogen-bond donors (Lipinski definition) is 0. The monoisotopic (exact) mass is 195 g/mol. The minimum atomic E-state index is 0.639. The third-order valence-electron chi connectivity index (χ3n) is 2.87. The van der Waals surface area contributed by atoms with E-state index in [1.165, 1.54) is 17.8 Å². The Kier molecular flexibility index (Phi) is 4.21. The Morgan fingerprint density at radius 1 is 1.43 bits per heavy atom. The highest BCUT2D eigenvalue weighted by atomic mass is 16.5. The predicted molar refractivity (Wildman–Crippen MR) is 59.8 cm³/mol. The van der Waals surface area contributed by atoms with E-state index in [0.29, 0.717) is 5.92 Å². The maximum absolute atomic E-state index is 5.12. The summed E-state index contributed by atoms with van der Waals surface area (Å²) in [5.41, 5.74) is 2.76. The third kappa shape index (κ3) is 2.38. The Labute approximate surface area is 86.9 Å². The minimum absolute atomic E-state index is 0.639. The van der Waals surface area contributed by atoms with Gasteiger partial charge in [0.25, 0.3) is 0 Å². The van der Waals surface area contributed by atoms with Gasteiger partial charge in [0.1, 0.15) is 0 Å². The SMILES string of the molecule is CCC(C)c1ccc(C)n1CCOC. The van der Waals surface area contributed by atoms with Crippen molar-refractivity contribution in [1.82, 2.24) is 4.57 Å². The number of rotatable bonds is 5. The first-order valence-electron chi connectivity index (χ1n) is 5.35. The first-order chi connectivity index (χ1) is 6.70. The number of hydrogen-bond acceptors (Lipinski definition) is 1. The van der Waals surface area contributed by atoms with Gasteiger partial charge in [0.2, 0.25) is 0 Å². The van der Waals surface area contributed by atoms with Crippen molar-refractivity contribution in [2.75, 3.05) is 13.7 Å². The van der Waals surface area contributed by atoms with Gasteiger partial charge < -0.3 is 9.30 Å². The summed E-state index contributed by atoms with van der Waals surface area (Å²) in [6, 6.07) is 4.43. The number of nitrogens with zero attached hydrogens (tertiary/aromatic N) is 1. The van der Waals surface area contributed by atoms with Crippen molar-refractivity contribution in [3.8, 4) is 0 Å². The highest BCUT2D eigenvalue weighted by Gasteiger charge is 2.09. The molecule has 1 aromatic heterocycles. The van der Waals surface area contributed by atoms with E-state index in [0.717, 1.165) is 13.2 Å².